The molecule has 0 unspecified atom stereocenters. The van der Waals surface area contributed by atoms with Crippen LogP contribution in [0.1, 0.15) is 0 Å². The minimum atomic E-state index is -0.778. The van der Waals surface area contributed by atoms with Crippen molar-refractivity contribution in [3.8, 4) is 0 Å². The predicted octanol–water partition coefficient (Wildman–Crippen LogP) is 0.907. The second kappa shape index (κ2) is 3.88. The highest BCUT2D eigenvalue weighted by Crippen LogP contribution is 2.21. The van der Waals surface area contributed by atoms with Gasteiger partial charge < -0.3 is 5.11 Å². The molecule has 56 valence electrons. The van der Waals surface area contributed by atoms with E-state index >= 15 is 0 Å². The average molecular weight is 177 g/mol. The molecule has 0 aliphatic carbocycles. The Kier molecular flexibility index (Phi) is 3.08. The first-order chi connectivity index (χ1) is 4.79. The zero-order chi connectivity index (χ0) is 7.40. The van der Waals surface area contributed by atoms with Gasteiger partial charge in [-0.15, -0.1) is 0 Å². The van der Waals surface area contributed by atoms with E-state index in [-0.39, 0.29) is 5.75 Å². The van der Waals surface area contributed by atoms with Crippen LogP contribution in [-0.4, -0.2) is 33.5 Å². The molecule has 0 saturated carbocycles. The fraction of sp³-hybridized carbons (Fsp3) is 0.600. The van der Waals surface area contributed by atoms with Gasteiger partial charge in [-0.25, -0.2) is 0 Å². The third-order valence-corrected chi connectivity index (χ3v) is 3.11. The minimum Gasteiger partial charge on any atom is -0.481 e. The highest BCUT2D eigenvalue weighted by molar-refractivity contribution is 8.39. The molecule has 0 atom stereocenters. The Labute approximate surface area is 67.3 Å². The van der Waals surface area contributed by atoms with Crippen molar-refractivity contribution in [3.05, 3.63) is 0 Å². The molecule has 10 heavy (non-hydrogen) atoms. The van der Waals surface area contributed by atoms with Crippen molar-refractivity contribution in [2.24, 2.45) is 4.99 Å². The third-order valence-electron chi connectivity index (χ3n) is 0.877. The van der Waals surface area contributed by atoms with Crippen molar-refractivity contribution >= 4 is 33.9 Å². The molecule has 1 rings (SSSR count). The number of aliphatic carboxylic acids is 1. The van der Waals surface area contributed by atoms with Crippen LogP contribution in [0.15, 0.2) is 4.99 Å². The fourth-order valence-electron chi connectivity index (χ4n) is 0.526. The standard InChI is InChI=1S/C5H7NO2S2/c7-4(8)3-10-5-6-1-2-9-5/h1-3H2,(H,7,8). The lowest BCUT2D eigenvalue weighted by Gasteiger charge is -1.92. The van der Waals surface area contributed by atoms with Crippen molar-refractivity contribution in [1.82, 2.24) is 0 Å². The van der Waals surface area contributed by atoms with E-state index in [1.807, 2.05) is 0 Å². The zero-order valence-corrected chi connectivity index (χ0v) is 6.87. The van der Waals surface area contributed by atoms with Gasteiger partial charge in [0.25, 0.3) is 0 Å². The first kappa shape index (κ1) is 7.94. The summed E-state index contributed by atoms with van der Waals surface area (Å²) in [6, 6.07) is 0. The van der Waals surface area contributed by atoms with Crippen LogP contribution >= 0.6 is 23.5 Å². The summed E-state index contributed by atoms with van der Waals surface area (Å²) in [6.07, 6.45) is 0. The molecule has 0 bridgehead atoms. The molecule has 1 heterocycles. The van der Waals surface area contributed by atoms with Gasteiger partial charge in [-0.1, -0.05) is 23.5 Å². The molecule has 0 amide bonds. The SMILES string of the molecule is O=C(O)CSC1=NCCS1. The molecule has 1 aliphatic rings. The number of aliphatic imine (C=N–C) groups is 1. The normalized spacial score (nSPS) is 17.0. The monoisotopic (exact) mass is 177 g/mol. The van der Waals surface area contributed by atoms with Crippen LogP contribution in [0.5, 0.6) is 0 Å². The van der Waals surface area contributed by atoms with Crippen LogP contribution < -0.4 is 0 Å². The maximum atomic E-state index is 10.1. The second-order valence-electron chi connectivity index (χ2n) is 1.68. The predicted molar refractivity (Wildman–Crippen MR) is 44.9 cm³/mol. The first-order valence-corrected chi connectivity index (χ1v) is 4.78. The topological polar surface area (TPSA) is 49.7 Å². The van der Waals surface area contributed by atoms with E-state index in [9.17, 15) is 4.79 Å². The lowest BCUT2D eigenvalue weighted by atomic mass is 10.8. The number of carboxylic acid groups (broad SMARTS) is 1. The summed E-state index contributed by atoms with van der Waals surface area (Å²) in [5, 5.41) is 8.29. The number of thioether (sulfide) groups is 2. The summed E-state index contributed by atoms with van der Waals surface area (Å²) in [7, 11) is 0. The fourth-order valence-corrected chi connectivity index (χ4v) is 2.26. The van der Waals surface area contributed by atoms with Gasteiger partial charge in [0.1, 0.15) is 4.38 Å². The Morgan fingerprint density at radius 1 is 1.90 bits per heavy atom. The molecule has 0 aromatic rings. The molecule has 0 fully saturated rings. The summed E-state index contributed by atoms with van der Waals surface area (Å²) in [5.74, 6) is 0.355. The molecule has 1 N–H and O–H groups in total. The maximum Gasteiger partial charge on any atom is 0.313 e. The van der Waals surface area contributed by atoms with Gasteiger partial charge in [0.05, 0.1) is 12.3 Å². The van der Waals surface area contributed by atoms with Gasteiger partial charge in [-0.3, -0.25) is 9.79 Å². The number of carbonyl (C=O) groups is 1. The molecule has 0 saturated heterocycles. The van der Waals surface area contributed by atoms with Crippen LogP contribution in [0.2, 0.25) is 0 Å². The second-order valence-corrected chi connectivity index (χ2v) is 3.98. The molecule has 1 aliphatic heterocycles. The largest absolute Gasteiger partial charge is 0.481 e. The molecule has 0 spiro atoms. The van der Waals surface area contributed by atoms with E-state index < -0.39 is 5.97 Å². The van der Waals surface area contributed by atoms with E-state index in [0.29, 0.717) is 0 Å². The van der Waals surface area contributed by atoms with E-state index in [0.717, 1.165) is 16.7 Å². The number of hydrogen-bond donors (Lipinski definition) is 1. The van der Waals surface area contributed by atoms with Crippen molar-refractivity contribution in [2.45, 2.75) is 0 Å². The van der Waals surface area contributed by atoms with E-state index in [2.05, 4.69) is 4.99 Å². The van der Waals surface area contributed by atoms with Gasteiger partial charge in [-0.2, -0.15) is 0 Å². The Morgan fingerprint density at radius 3 is 3.20 bits per heavy atom. The quantitative estimate of drug-likeness (QED) is 0.681. The van der Waals surface area contributed by atoms with Crippen molar-refractivity contribution in [1.29, 1.82) is 0 Å². The summed E-state index contributed by atoms with van der Waals surface area (Å²) >= 11 is 2.94. The molecule has 3 nitrogen and oxygen atoms in total. The number of rotatable bonds is 2. The number of nitrogens with zero attached hydrogens (tertiary/aromatic N) is 1. The van der Waals surface area contributed by atoms with Gasteiger partial charge in [0.15, 0.2) is 0 Å². The lowest BCUT2D eigenvalue weighted by Crippen LogP contribution is -1.99. The molecular weight excluding hydrogens is 170 g/mol. The Morgan fingerprint density at radius 2 is 2.70 bits per heavy atom. The van der Waals surface area contributed by atoms with E-state index in [1.165, 1.54) is 11.8 Å². The molecule has 0 radical (unpaired) electrons. The lowest BCUT2D eigenvalue weighted by molar-refractivity contribution is -0.133. The summed E-state index contributed by atoms with van der Waals surface area (Å²) in [5.41, 5.74) is 0. The van der Waals surface area contributed by atoms with Gasteiger partial charge in [0.2, 0.25) is 0 Å². The van der Waals surface area contributed by atoms with Crippen LogP contribution in [0.3, 0.4) is 0 Å². The summed E-state index contributed by atoms with van der Waals surface area (Å²) in [4.78, 5) is 14.2. The Balaban J connectivity index is 2.19. The van der Waals surface area contributed by atoms with Gasteiger partial charge in [-0.05, 0) is 0 Å². The molecular formula is C5H7NO2S2. The summed E-state index contributed by atoms with van der Waals surface area (Å²) in [6.45, 7) is 0.840. The van der Waals surface area contributed by atoms with Gasteiger partial charge >= 0.3 is 5.97 Å². The Bertz CT molecular complexity index is 169. The maximum absolute atomic E-state index is 10.1. The Hall–Kier alpha value is -0.160. The van der Waals surface area contributed by atoms with Crippen LogP contribution in [-0.2, 0) is 4.79 Å². The van der Waals surface area contributed by atoms with E-state index in [1.54, 1.807) is 11.8 Å². The highest BCUT2D eigenvalue weighted by Gasteiger charge is 2.08. The van der Waals surface area contributed by atoms with Crippen molar-refractivity contribution in [2.75, 3.05) is 18.1 Å². The van der Waals surface area contributed by atoms with Crippen LogP contribution in [0, 0.1) is 0 Å². The number of hydrogen-bond acceptors (Lipinski definition) is 4. The molecule has 0 aromatic carbocycles. The zero-order valence-electron chi connectivity index (χ0n) is 5.24. The van der Waals surface area contributed by atoms with Crippen LogP contribution in [0.25, 0.3) is 0 Å². The van der Waals surface area contributed by atoms with Crippen LogP contribution in [0.4, 0.5) is 0 Å². The smallest absolute Gasteiger partial charge is 0.313 e. The molecule has 0 aromatic heterocycles. The number of carboxylic acids is 1. The average Bonchev–Trinajstić information content (AvgIpc) is 2.34. The minimum absolute atomic E-state index is 0.131. The van der Waals surface area contributed by atoms with Gasteiger partial charge in [0, 0.05) is 5.75 Å². The molecule has 5 heteroatoms. The van der Waals surface area contributed by atoms with Crippen molar-refractivity contribution in [3.63, 3.8) is 0 Å². The third kappa shape index (κ3) is 2.62. The highest BCUT2D eigenvalue weighted by atomic mass is 32.2. The van der Waals surface area contributed by atoms with E-state index in [4.69, 9.17) is 5.11 Å². The summed E-state index contributed by atoms with van der Waals surface area (Å²) < 4.78 is 0.919. The first-order valence-electron chi connectivity index (χ1n) is 2.81. The van der Waals surface area contributed by atoms with Crippen molar-refractivity contribution < 1.29 is 9.90 Å².